The first kappa shape index (κ1) is 19.0. The number of nitriles is 1. The van der Waals surface area contributed by atoms with Gasteiger partial charge in [0.25, 0.3) is 0 Å². The largest absolute Gasteiger partial charge is 0.455 e. The van der Waals surface area contributed by atoms with Gasteiger partial charge in [0.05, 0.1) is 11.6 Å². The first-order chi connectivity index (χ1) is 16.3. The number of hydrogen-bond donors (Lipinski definition) is 0. The van der Waals surface area contributed by atoms with Gasteiger partial charge in [-0.3, -0.25) is 4.98 Å². The van der Waals surface area contributed by atoms with E-state index in [1.807, 2.05) is 48.7 Å². The summed E-state index contributed by atoms with van der Waals surface area (Å²) >= 11 is 0. The number of fused-ring (bicyclic) bond motifs is 3. The van der Waals surface area contributed by atoms with Crippen molar-refractivity contribution in [2.24, 2.45) is 0 Å². The molecule has 0 fully saturated rings. The molecule has 154 valence electrons. The van der Waals surface area contributed by atoms with E-state index in [1.54, 1.807) is 6.20 Å². The van der Waals surface area contributed by atoms with E-state index in [9.17, 15) is 5.26 Å². The number of para-hydroxylation sites is 2. The topological polar surface area (TPSA) is 49.8 Å². The number of aromatic nitrogens is 1. The molecule has 2 aromatic heterocycles. The Labute approximate surface area is 191 Å². The second kappa shape index (κ2) is 7.78. The Kier molecular flexibility index (Phi) is 4.49. The molecule has 0 saturated heterocycles. The van der Waals surface area contributed by atoms with Crippen LogP contribution in [0.2, 0.25) is 0 Å². The molecule has 0 saturated carbocycles. The van der Waals surface area contributed by atoms with E-state index in [0.717, 1.165) is 55.3 Å². The Morgan fingerprint density at radius 3 is 1.91 bits per heavy atom. The van der Waals surface area contributed by atoms with Crippen LogP contribution in [0.15, 0.2) is 114 Å². The molecule has 0 spiro atoms. The highest BCUT2D eigenvalue weighted by Gasteiger charge is 2.15. The predicted molar refractivity (Wildman–Crippen MR) is 133 cm³/mol. The first-order valence-corrected chi connectivity index (χ1v) is 10.8. The van der Waals surface area contributed by atoms with Gasteiger partial charge >= 0.3 is 0 Å². The van der Waals surface area contributed by atoms with E-state index in [2.05, 4.69) is 65.7 Å². The Bertz CT molecular complexity index is 1660. The maximum absolute atomic E-state index is 9.31. The van der Waals surface area contributed by atoms with Crippen LogP contribution < -0.4 is 0 Å². The summed E-state index contributed by atoms with van der Waals surface area (Å²) in [6.45, 7) is 0. The molecule has 0 unspecified atom stereocenters. The lowest BCUT2D eigenvalue weighted by molar-refractivity contribution is 0.671. The molecule has 6 aromatic rings. The zero-order valence-corrected chi connectivity index (χ0v) is 17.7. The number of pyridine rings is 1. The van der Waals surface area contributed by atoms with E-state index >= 15 is 0 Å². The number of hydrogen-bond acceptors (Lipinski definition) is 3. The van der Waals surface area contributed by atoms with Crippen LogP contribution in [-0.4, -0.2) is 4.98 Å². The Hall–Kier alpha value is -4.68. The molecule has 0 N–H and O–H groups in total. The van der Waals surface area contributed by atoms with Crippen molar-refractivity contribution in [3.63, 3.8) is 0 Å². The molecule has 0 atom stereocenters. The van der Waals surface area contributed by atoms with Crippen molar-refractivity contribution < 1.29 is 4.42 Å². The van der Waals surface area contributed by atoms with Crippen LogP contribution in [0.3, 0.4) is 0 Å². The van der Waals surface area contributed by atoms with Crippen molar-refractivity contribution in [2.75, 3.05) is 0 Å². The lowest BCUT2D eigenvalue weighted by Crippen LogP contribution is -1.82. The van der Waals surface area contributed by atoms with Gasteiger partial charge in [0.2, 0.25) is 0 Å². The van der Waals surface area contributed by atoms with Crippen molar-refractivity contribution >= 4 is 21.9 Å². The lowest BCUT2D eigenvalue weighted by Gasteiger charge is -2.05. The molecular weight excluding hydrogens is 404 g/mol. The first-order valence-electron chi connectivity index (χ1n) is 10.8. The minimum atomic E-state index is 0.634. The molecular formula is C30H18N2O. The molecule has 4 aromatic carbocycles. The summed E-state index contributed by atoms with van der Waals surface area (Å²) in [5.41, 5.74) is 8.67. The van der Waals surface area contributed by atoms with E-state index in [-0.39, 0.29) is 0 Å². The zero-order chi connectivity index (χ0) is 22.2. The number of rotatable bonds is 3. The van der Waals surface area contributed by atoms with Gasteiger partial charge in [0.15, 0.2) is 0 Å². The van der Waals surface area contributed by atoms with Gasteiger partial charge in [-0.1, -0.05) is 78.9 Å². The van der Waals surface area contributed by atoms with Crippen LogP contribution in [0, 0.1) is 11.3 Å². The Morgan fingerprint density at radius 1 is 0.606 bits per heavy atom. The summed E-state index contributed by atoms with van der Waals surface area (Å²) in [7, 11) is 0. The Balaban J connectivity index is 1.51. The maximum Gasteiger partial charge on any atom is 0.143 e. The van der Waals surface area contributed by atoms with Gasteiger partial charge in [-0.2, -0.15) is 5.26 Å². The van der Waals surface area contributed by atoms with Crippen LogP contribution >= 0.6 is 0 Å². The molecule has 3 nitrogen and oxygen atoms in total. The second-order valence-corrected chi connectivity index (χ2v) is 7.98. The van der Waals surface area contributed by atoms with Crippen LogP contribution in [0.4, 0.5) is 0 Å². The van der Waals surface area contributed by atoms with Gasteiger partial charge in [-0.15, -0.1) is 0 Å². The summed E-state index contributed by atoms with van der Waals surface area (Å²) in [5.74, 6) is 0. The zero-order valence-electron chi connectivity index (χ0n) is 17.7. The molecule has 0 radical (unpaired) electrons. The SMILES string of the molecule is N#Cc1cccc(-c2cccc3c2oc2c(-c4ccc(-c5cccnc5)cc4)cccc23)c1. The van der Waals surface area contributed by atoms with Gasteiger partial charge in [0, 0.05) is 34.3 Å². The number of benzene rings is 4. The van der Waals surface area contributed by atoms with Gasteiger partial charge < -0.3 is 4.42 Å². The average Bonchev–Trinajstić information content (AvgIpc) is 3.28. The fourth-order valence-electron chi connectivity index (χ4n) is 4.41. The van der Waals surface area contributed by atoms with Crippen molar-refractivity contribution in [2.45, 2.75) is 0 Å². The van der Waals surface area contributed by atoms with E-state index < -0.39 is 0 Å². The highest BCUT2D eigenvalue weighted by atomic mass is 16.3. The minimum absolute atomic E-state index is 0.634. The smallest absolute Gasteiger partial charge is 0.143 e. The predicted octanol–water partition coefficient (Wildman–Crippen LogP) is 7.85. The van der Waals surface area contributed by atoms with Crippen molar-refractivity contribution in [3.8, 4) is 39.4 Å². The molecule has 0 aliphatic carbocycles. The Morgan fingerprint density at radius 2 is 1.24 bits per heavy atom. The highest BCUT2D eigenvalue weighted by Crippen LogP contribution is 2.40. The summed E-state index contributed by atoms with van der Waals surface area (Å²) in [5, 5.41) is 11.5. The summed E-state index contributed by atoms with van der Waals surface area (Å²) in [6.07, 6.45) is 3.66. The highest BCUT2D eigenvalue weighted by molar-refractivity contribution is 6.13. The molecule has 2 heterocycles. The molecule has 0 amide bonds. The average molecular weight is 422 g/mol. The lowest BCUT2D eigenvalue weighted by atomic mass is 9.98. The fraction of sp³-hybridized carbons (Fsp3) is 0. The molecule has 0 aliphatic rings. The summed E-state index contributed by atoms with van der Waals surface area (Å²) in [6, 6.07) is 34.8. The number of furan rings is 1. The summed E-state index contributed by atoms with van der Waals surface area (Å²) < 4.78 is 6.52. The van der Waals surface area contributed by atoms with E-state index in [0.29, 0.717) is 5.56 Å². The standard InChI is InChI=1S/C30H18N2O/c31-18-20-5-1-6-23(17-20)26-9-3-11-28-27-10-2-8-25(29(27)33-30(26)28)22-14-12-21(13-15-22)24-7-4-16-32-19-24/h1-17,19H. The third-order valence-electron chi connectivity index (χ3n) is 6.02. The quantitative estimate of drug-likeness (QED) is 0.292. The van der Waals surface area contributed by atoms with Gasteiger partial charge in [0.1, 0.15) is 11.2 Å². The van der Waals surface area contributed by atoms with Crippen LogP contribution in [0.5, 0.6) is 0 Å². The number of nitrogens with zero attached hydrogens (tertiary/aromatic N) is 2. The molecule has 33 heavy (non-hydrogen) atoms. The van der Waals surface area contributed by atoms with E-state index in [1.165, 1.54) is 0 Å². The van der Waals surface area contributed by atoms with Crippen LogP contribution in [0.1, 0.15) is 5.56 Å². The van der Waals surface area contributed by atoms with Crippen molar-refractivity contribution in [1.82, 2.24) is 4.98 Å². The van der Waals surface area contributed by atoms with Crippen LogP contribution in [0.25, 0.3) is 55.3 Å². The van der Waals surface area contributed by atoms with Crippen molar-refractivity contribution in [1.29, 1.82) is 5.26 Å². The maximum atomic E-state index is 9.31. The molecule has 0 aliphatic heterocycles. The molecule has 6 rings (SSSR count). The van der Waals surface area contributed by atoms with E-state index in [4.69, 9.17) is 4.42 Å². The molecule has 3 heteroatoms. The third kappa shape index (κ3) is 3.26. The normalized spacial score (nSPS) is 11.0. The monoisotopic (exact) mass is 422 g/mol. The van der Waals surface area contributed by atoms with Gasteiger partial charge in [-0.05, 0) is 40.5 Å². The molecule has 0 bridgehead atoms. The van der Waals surface area contributed by atoms with Gasteiger partial charge in [-0.25, -0.2) is 0 Å². The van der Waals surface area contributed by atoms with Crippen molar-refractivity contribution in [3.05, 3.63) is 115 Å². The third-order valence-corrected chi connectivity index (χ3v) is 6.02. The fourth-order valence-corrected chi connectivity index (χ4v) is 4.41. The summed E-state index contributed by atoms with van der Waals surface area (Å²) in [4.78, 5) is 4.22. The van der Waals surface area contributed by atoms with Crippen LogP contribution in [-0.2, 0) is 0 Å². The second-order valence-electron chi connectivity index (χ2n) is 7.98. The minimum Gasteiger partial charge on any atom is -0.455 e.